The van der Waals surface area contributed by atoms with E-state index in [-0.39, 0.29) is 35.4 Å². The van der Waals surface area contributed by atoms with E-state index in [1.165, 1.54) is 10.8 Å². The van der Waals surface area contributed by atoms with E-state index < -0.39 is 0 Å². The molecule has 0 radical (unpaired) electrons. The maximum Gasteiger partial charge on any atom is 0.0645 e. The maximum atomic E-state index is 9.62. The quantitative estimate of drug-likeness (QED) is 0.140. The number of hydrogen-bond donors (Lipinski definition) is 0. The zero-order chi connectivity index (χ0) is 45.4. The first kappa shape index (κ1) is 33.5. The Morgan fingerprint density at radius 1 is 0.254 bits per heavy atom. The molecule has 11 rings (SSSR count). The van der Waals surface area contributed by atoms with E-state index in [9.17, 15) is 5.48 Å². The van der Waals surface area contributed by atoms with E-state index in [0.29, 0.717) is 16.9 Å². The Morgan fingerprint density at radius 2 is 0.698 bits per heavy atom. The molecule has 0 aliphatic rings. The Morgan fingerprint density at radius 3 is 1.38 bits per heavy atom. The fourth-order valence-corrected chi connectivity index (χ4v) is 8.70. The number of anilines is 3. The van der Waals surface area contributed by atoms with E-state index in [0.717, 1.165) is 66.4 Å². The highest BCUT2D eigenvalue weighted by atomic mass is 15.1. The second-order valence-electron chi connectivity index (χ2n) is 15.8. The van der Waals surface area contributed by atoms with Gasteiger partial charge in [0.05, 0.1) is 5.48 Å². The Labute approximate surface area is 375 Å². The molecule has 0 amide bonds. The summed E-state index contributed by atoms with van der Waals surface area (Å²) in [5.41, 5.74) is 13.3. The van der Waals surface area contributed by atoms with Gasteiger partial charge in [0.1, 0.15) is 0 Å². The second kappa shape index (κ2) is 16.7. The van der Waals surface area contributed by atoms with Crippen molar-refractivity contribution in [2.45, 2.75) is 0 Å². The predicted octanol–water partition coefficient (Wildman–Crippen LogP) is 17.5. The molecular formula is C62H43N. The molecular weight excluding hydrogens is 759 g/mol. The summed E-state index contributed by atoms with van der Waals surface area (Å²) in [6, 6.07) is 80.4. The third kappa shape index (κ3) is 7.58. The summed E-state index contributed by atoms with van der Waals surface area (Å²) in [5, 5.41) is 4.68. The van der Waals surface area contributed by atoms with Crippen molar-refractivity contribution in [3.8, 4) is 66.8 Å². The van der Waals surface area contributed by atoms with Gasteiger partial charge in [0.2, 0.25) is 0 Å². The minimum atomic E-state index is -0.125. The highest BCUT2D eigenvalue weighted by Crippen LogP contribution is 2.42. The lowest BCUT2D eigenvalue weighted by atomic mass is 9.89. The van der Waals surface area contributed by atoms with E-state index in [1.807, 2.05) is 89.8 Å². The first-order chi connectivity index (χ1) is 32.9. The minimum Gasteiger partial charge on any atom is -0.311 e. The van der Waals surface area contributed by atoms with Crippen molar-refractivity contribution in [1.82, 2.24) is 0 Å². The van der Waals surface area contributed by atoms with E-state index >= 15 is 0 Å². The zero-order valence-corrected chi connectivity index (χ0v) is 34.5. The topological polar surface area (TPSA) is 3.24 Å². The van der Waals surface area contributed by atoms with Gasteiger partial charge in [-0.3, -0.25) is 0 Å². The summed E-state index contributed by atoms with van der Waals surface area (Å²) in [4.78, 5) is 1.86. The van der Waals surface area contributed by atoms with Crippen LogP contribution in [0.15, 0.2) is 261 Å². The van der Waals surface area contributed by atoms with Crippen LogP contribution >= 0.6 is 0 Å². The van der Waals surface area contributed by atoms with Crippen molar-refractivity contribution >= 4 is 38.6 Å². The monoisotopic (exact) mass is 805 g/mol. The summed E-state index contributed by atoms with van der Waals surface area (Å²) in [5.74, 6) is 0. The zero-order valence-electron chi connectivity index (χ0n) is 38.5. The average molecular weight is 806 g/mol. The Balaban J connectivity index is 1.02. The lowest BCUT2D eigenvalue weighted by Gasteiger charge is -2.26. The van der Waals surface area contributed by atoms with Crippen LogP contribution in [0.25, 0.3) is 88.3 Å². The molecule has 0 aromatic heterocycles. The molecule has 1 heteroatoms. The van der Waals surface area contributed by atoms with E-state index in [1.54, 1.807) is 0 Å². The first-order valence-electron chi connectivity index (χ1n) is 23.3. The summed E-state index contributed by atoms with van der Waals surface area (Å²) in [6.45, 7) is 0. The molecule has 0 spiro atoms. The molecule has 0 aliphatic carbocycles. The van der Waals surface area contributed by atoms with E-state index in [4.69, 9.17) is 0 Å². The number of benzene rings is 11. The average Bonchev–Trinajstić information content (AvgIpc) is 3.40. The Kier molecular flexibility index (Phi) is 8.84. The largest absolute Gasteiger partial charge is 0.311 e. The second-order valence-corrected chi connectivity index (χ2v) is 15.8. The molecule has 0 saturated carbocycles. The fraction of sp³-hybridized carbons (Fsp3) is 0. The van der Waals surface area contributed by atoms with Gasteiger partial charge in [-0.25, -0.2) is 0 Å². The van der Waals surface area contributed by atoms with Crippen LogP contribution in [0.5, 0.6) is 0 Å². The molecule has 1 nitrogen and oxygen atoms in total. The van der Waals surface area contributed by atoms with Crippen LogP contribution in [0, 0.1) is 0 Å². The minimum absolute atomic E-state index is 0.101. The molecule has 63 heavy (non-hydrogen) atoms. The van der Waals surface area contributed by atoms with Gasteiger partial charge >= 0.3 is 0 Å². The predicted molar refractivity (Wildman–Crippen MR) is 269 cm³/mol. The van der Waals surface area contributed by atoms with Gasteiger partial charge in [-0.2, -0.15) is 0 Å². The van der Waals surface area contributed by atoms with Crippen molar-refractivity contribution < 1.29 is 5.48 Å². The normalized spacial score (nSPS) is 12.1. The smallest absolute Gasteiger partial charge is 0.0645 e. The van der Waals surface area contributed by atoms with Crippen LogP contribution in [0.1, 0.15) is 5.48 Å². The van der Waals surface area contributed by atoms with Crippen LogP contribution in [-0.4, -0.2) is 0 Å². The number of fused-ring (bicyclic) bond motifs is 2. The van der Waals surface area contributed by atoms with Crippen LogP contribution in [-0.2, 0) is 0 Å². The van der Waals surface area contributed by atoms with Crippen molar-refractivity contribution in [3.63, 3.8) is 0 Å². The lowest BCUT2D eigenvalue weighted by Crippen LogP contribution is -2.09. The van der Waals surface area contributed by atoms with Crippen molar-refractivity contribution in [2.75, 3.05) is 4.90 Å². The molecule has 0 bridgehead atoms. The lowest BCUT2D eigenvalue weighted by molar-refractivity contribution is 1.28. The molecule has 0 aliphatic heterocycles. The Hall–Kier alpha value is -8.26. The number of hydrogen-bond acceptors (Lipinski definition) is 1. The van der Waals surface area contributed by atoms with Crippen LogP contribution < -0.4 is 4.90 Å². The fourth-order valence-electron chi connectivity index (χ4n) is 8.70. The Bertz CT molecular complexity index is 3560. The molecule has 0 atom stereocenters. The van der Waals surface area contributed by atoms with Gasteiger partial charge in [0, 0.05) is 17.1 Å². The molecule has 11 aromatic rings. The van der Waals surface area contributed by atoms with Gasteiger partial charge in [-0.15, -0.1) is 0 Å². The van der Waals surface area contributed by atoms with Crippen molar-refractivity contribution in [3.05, 3.63) is 261 Å². The number of nitrogens with zero attached hydrogens (tertiary/aromatic N) is 1. The van der Waals surface area contributed by atoms with Gasteiger partial charge in [-0.05, 0) is 137 Å². The van der Waals surface area contributed by atoms with Crippen LogP contribution in [0.3, 0.4) is 0 Å². The molecule has 0 saturated heterocycles. The maximum absolute atomic E-state index is 9.62. The summed E-state index contributed by atoms with van der Waals surface area (Å²) in [6.07, 6.45) is 0. The van der Waals surface area contributed by atoms with Crippen molar-refractivity contribution in [2.24, 2.45) is 0 Å². The third-order valence-corrected chi connectivity index (χ3v) is 11.9. The summed E-state index contributed by atoms with van der Waals surface area (Å²) in [7, 11) is 0. The molecule has 0 N–H and O–H groups in total. The molecule has 0 unspecified atom stereocenters. The van der Waals surface area contributed by atoms with Crippen molar-refractivity contribution in [1.29, 1.82) is 0 Å². The SMILES string of the molecule is [2H]c1c([2H])c(N(c2ccc(-c3cccc(-c4ccc5ccccc5c4)c3)cc2)c2ccc(-c3c(-c4ccccc4)ccc4ccccc34)cc2)c([2H])c([2H])c1-c1ccc(-c2ccccc2)cc1. The standard InChI is InChI=1S/C62H43N/c1-3-12-44(13-4-1)46-22-24-47(25-23-46)48-28-35-57(36-29-48)63(58-37-30-49(31-38-58)54-19-11-20-55(42-54)56-27-26-45-14-7-8-18-53(45)43-56)59-39-32-52(33-40-59)62-60-21-10-9-17-51(60)34-41-61(62)50-15-5-2-6-16-50/h1-43H/i28D,29D,35D,36D. The number of rotatable bonds is 9. The third-order valence-electron chi connectivity index (χ3n) is 11.9. The van der Waals surface area contributed by atoms with Gasteiger partial charge in [0.15, 0.2) is 0 Å². The molecule has 296 valence electrons. The highest BCUT2D eigenvalue weighted by Gasteiger charge is 2.17. The molecule has 11 aromatic carbocycles. The molecule has 0 fully saturated rings. The van der Waals surface area contributed by atoms with Crippen LogP contribution in [0.4, 0.5) is 17.1 Å². The van der Waals surface area contributed by atoms with Gasteiger partial charge in [-0.1, -0.05) is 212 Å². The van der Waals surface area contributed by atoms with Crippen LogP contribution in [0.2, 0.25) is 0 Å². The van der Waals surface area contributed by atoms with Gasteiger partial charge in [0.25, 0.3) is 0 Å². The summed E-state index contributed by atoms with van der Waals surface area (Å²) >= 11 is 0. The highest BCUT2D eigenvalue weighted by molar-refractivity contribution is 6.04. The van der Waals surface area contributed by atoms with Gasteiger partial charge < -0.3 is 4.90 Å². The summed E-state index contributed by atoms with van der Waals surface area (Å²) < 4.78 is 38.1. The molecule has 0 heterocycles. The van der Waals surface area contributed by atoms with E-state index in [2.05, 4.69) is 152 Å². The first-order valence-corrected chi connectivity index (χ1v) is 21.3.